The Labute approximate surface area is 168 Å². The smallest absolute Gasteiger partial charge is 0.225 e. The van der Waals surface area contributed by atoms with E-state index in [0.717, 1.165) is 42.7 Å². The number of aromatic nitrogens is 2. The highest BCUT2D eigenvalue weighted by Gasteiger charge is 2.21. The summed E-state index contributed by atoms with van der Waals surface area (Å²) in [5.74, 6) is 3.16. The molecule has 1 aliphatic carbocycles. The molecule has 4 rings (SSSR count). The average molecular weight is 381 g/mol. The summed E-state index contributed by atoms with van der Waals surface area (Å²) in [4.78, 5) is 12.1. The molecule has 0 atom stereocenters. The van der Waals surface area contributed by atoms with Gasteiger partial charge in [-0.1, -0.05) is 39.2 Å². The molecule has 1 aromatic carbocycles. The second-order valence-corrected chi connectivity index (χ2v) is 8.41. The topological polar surface area (TPSA) is 50.3 Å². The zero-order valence-electron chi connectivity index (χ0n) is 17.4. The monoisotopic (exact) mass is 380 g/mol. The summed E-state index contributed by atoms with van der Waals surface area (Å²) >= 11 is 0. The molecule has 0 saturated heterocycles. The first-order valence-electron chi connectivity index (χ1n) is 10.7. The number of nitrogens with one attached hydrogen (secondary N) is 1. The fraction of sp³-hybridized carbons (Fsp3) is 0.565. The first-order chi connectivity index (χ1) is 13.6. The van der Waals surface area contributed by atoms with Crippen LogP contribution in [0.5, 0.6) is 5.75 Å². The van der Waals surface area contributed by atoms with Crippen LogP contribution in [0.1, 0.15) is 68.7 Å². The van der Waals surface area contributed by atoms with E-state index in [9.17, 15) is 0 Å². The predicted octanol–water partition coefficient (Wildman–Crippen LogP) is 4.92. The van der Waals surface area contributed by atoms with Gasteiger partial charge in [-0.05, 0) is 48.4 Å². The molecule has 0 unspecified atom stereocenters. The van der Waals surface area contributed by atoms with Crippen LogP contribution in [0.25, 0.3) is 0 Å². The number of methoxy groups -OCH3 is 1. The van der Waals surface area contributed by atoms with E-state index in [1.54, 1.807) is 7.11 Å². The number of fused-ring (bicyclic) bond motifs is 1. The fourth-order valence-corrected chi connectivity index (χ4v) is 4.26. The molecule has 1 aliphatic heterocycles. The van der Waals surface area contributed by atoms with Gasteiger partial charge in [-0.2, -0.15) is 4.98 Å². The number of hydrogen-bond donors (Lipinski definition) is 1. The Hall–Kier alpha value is -2.30. The zero-order chi connectivity index (χ0) is 19.5. The van der Waals surface area contributed by atoms with E-state index in [-0.39, 0.29) is 0 Å². The van der Waals surface area contributed by atoms with E-state index in [0.29, 0.717) is 12.0 Å². The third kappa shape index (κ3) is 4.23. The number of hydrogen-bond acceptors (Lipinski definition) is 5. The highest BCUT2D eigenvalue weighted by atomic mass is 16.5. The minimum absolute atomic E-state index is 0.384. The van der Waals surface area contributed by atoms with Crippen LogP contribution < -0.4 is 15.0 Å². The number of benzene rings is 1. The lowest BCUT2D eigenvalue weighted by molar-refractivity contribution is 0.413. The van der Waals surface area contributed by atoms with Gasteiger partial charge in [0, 0.05) is 25.2 Å². The van der Waals surface area contributed by atoms with Crippen molar-refractivity contribution < 1.29 is 4.74 Å². The van der Waals surface area contributed by atoms with Gasteiger partial charge in [0.2, 0.25) is 5.95 Å². The van der Waals surface area contributed by atoms with Gasteiger partial charge in [-0.25, -0.2) is 4.98 Å². The van der Waals surface area contributed by atoms with Crippen LogP contribution in [-0.4, -0.2) is 29.7 Å². The normalized spacial score (nSPS) is 17.5. The maximum atomic E-state index is 5.38. The molecule has 5 heteroatoms. The van der Waals surface area contributed by atoms with Crippen molar-refractivity contribution in [3.8, 4) is 5.75 Å². The Morgan fingerprint density at radius 3 is 2.64 bits per heavy atom. The van der Waals surface area contributed by atoms with Crippen molar-refractivity contribution >= 4 is 11.8 Å². The highest BCUT2D eigenvalue weighted by Crippen LogP contribution is 2.29. The minimum Gasteiger partial charge on any atom is -0.497 e. The second kappa shape index (κ2) is 8.38. The second-order valence-electron chi connectivity index (χ2n) is 8.41. The molecular formula is C23H32N4O. The van der Waals surface area contributed by atoms with E-state index < -0.39 is 0 Å². The van der Waals surface area contributed by atoms with Crippen molar-refractivity contribution in [2.24, 2.45) is 0 Å². The van der Waals surface area contributed by atoms with Crippen molar-refractivity contribution in [2.45, 2.75) is 70.9 Å². The van der Waals surface area contributed by atoms with Crippen LogP contribution in [0, 0.1) is 0 Å². The van der Waals surface area contributed by atoms with Crippen LogP contribution in [0.3, 0.4) is 0 Å². The van der Waals surface area contributed by atoms with Gasteiger partial charge in [0.05, 0.1) is 12.8 Å². The molecule has 0 bridgehead atoms. The van der Waals surface area contributed by atoms with Gasteiger partial charge in [-0.3, -0.25) is 0 Å². The summed E-state index contributed by atoms with van der Waals surface area (Å²) in [6.07, 6.45) is 7.43. The van der Waals surface area contributed by atoms with E-state index in [1.165, 1.54) is 43.2 Å². The van der Waals surface area contributed by atoms with Gasteiger partial charge in [0.1, 0.15) is 11.6 Å². The largest absolute Gasteiger partial charge is 0.497 e. The first kappa shape index (κ1) is 19.0. The van der Waals surface area contributed by atoms with Crippen LogP contribution in [0.2, 0.25) is 0 Å². The lowest BCUT2D eigenvalue weighted by Crippen LogP contribution is -2.32. The van der Waals surface area contributed by atoms with Crippen molar-refractivity contribution in [3.63, 3.8) is 0 Å². The summed E-state index contributed by atoms with van der Waals surface area (Å²) in [5, 5.41) is 3.62. The number of rotatable bonds is 5. The quantitative estimate of drug-likeness (QED) is 0.798. The predicted molar refractivity (Wildman–Crippen MR) is 114 cm³/mol. The summed E-state index contributed by atoms with van der Waals surface area (Å²) in [6, 6.07) is 9.09. The Morgan fingerprint density at radius 1 is 1.07 bits per heavy atom. The summed E-state index contributed by atoms with van der Waals surface area (Å²) in [6.45, 7) is 6.26. The molecule has 0 amide bonds. The SMILES string of the molecule is COc1ccc2c(c1)CCN(c1cc(C(C)C)nc(NC3CCCCC3)n1)C2. The van der Waals surface area contributed by atoms with Gasteiger partial charge in [0.15, 0.2) is 0 Å². The maximum Gasteiger partial charge on any atom is 0.225 e. The van der Waals surface area contributed by atoms with Crippen molar-refractivity contribution in [2.75, 3.05) is 23.9 Å². The van der Waals surface area contributed by atoms with Gasteiger partial charge in [0.25, 0.3) is 0 Å². The molecule has 1 N–H and O–H groups in total. The molecular weight excluding hydrogens is 348 g/mol. The fourth-order valence-electron chi connectivity index (χ4n) is 4.26. The standard InChI is InChI=1S/C23H32N4O/c1-16(2)21-14-22(26-23(25-21)24-19-7-5-4-6-8-19)27-12-11-17-13-20(28-3)10-9-18(17)15-27/h9-10,13-14,16,19H,4-8,11-12,15H2,1-3H3,(H,24,25,26). The summed E-state index contributed by atoms with van der Waals surface area (Å²) < 4.78 is 5.38. The number of nitrogens with zero attached hydrogens (tertiary/aromatic N) is 3. The lowest BCUT2D eigenvalue weighted by atomic mass is 9.96. The third-order valence-corrected chi connectivity index (χ3v) is 6.01. The van der Waals surface area contributed by atoms with Crippen LogP contribution >= 0.6 is 0 Å². The number of ether oxygens (including phenoxy) is 1. The molecule has 1 saturated carbocycles. The van der Waals surface area contributed by atoms with E-state index in [2.05, 4.69) is 48.3 Å². The summed E-state index contributed by atoms with van der Waals surface area (Å²) in [7, 11) is 1.73. The molecule has 150 valence electrons. The van der Waals surface area contributed by atoms with Crippen LogP contribution in [0.15, 0.2) is 24.3 Å². The lowest BCUT2D eigenvalue weighted by Gasteiger charge is -2.31. The molecule has 1 fully saturated rings. The Bertz CT molecular complexity index is 814. The Morgan fingerprint density at radius 2 is 1.89 bits per heavy atom. The van der Waals surface area contributed by atoms with Crippen molar-refractivity contribution in [1.82, 2.24) is 9.97 Å². The minimum atomic E-state index is 0.384. The van der Waals surface area contributed by atoms with E-state index in [4.69, 9.17) is 14.7 Å². The molecule has 2 heterocycles. The molecule has 2 aliphatic rings. The van der Waals surface area contributed by atoms with Gasteiger partial charge >= 0.3 is 0 Å². The van der Waals surface area contributed by atoms with Gasteiger partial charge < -0.3 is 15.0 Å². The highest BCUT2D eigenvalue weighted by molar-refractivity contribution is 5.50. The third-order valence-electron chi connectivity index (χ3n) is 6.01. The van der Waals surface area contributed by atoms with Crippen LogP contribution in [0.4, 0.5) is 11.8 Å². The van der Waals surface area contributed by atoms with Crippen molar-refractivity contribution in [3.05, 3.63) is 41.1 Å². The van der Waals surface area contributed by atoms with E-state index >= 15 is 0 Å². The average Bonchev–Trinajstić information content (AvgIpc) is 2.73. The maximum absolute atomic E-state index is 5.38. The zero-order valence-corrected chi connectivity index (χ0v) is 17.4. The molecule has 28 heavy (non-hydrogen) atoms. The molecule has 5 nitrogen and oxygen atoms in total. The summed E-state index contributed by atoms with van der Waals surface area (Å²) in [5.41, 5.74) is 3.86. The van der Waals surface area contributed by atoms with Gasteiger partial charge in [-0.15, -0.1) is 0 Å². The number of anilines is 2. The van der Waals surface area contributed by atoms with Crippen molar-refractivity contribution in [1.29, 1.82) is 0 Å². The molecule has 0 radical (unpaired) electrons. The molecule has 2 aromatic rings. The Kier molecular flexibility index (Phi) is 5.69. The molecule has 1 aromatic heterocycles. The van der Waals surface area contributed by atoms with Crippen LogP contribution in [-0.2, 0) is 13.0 Å². The first-order valence-corrected chi connectivity index (χ1v) is 10.7. The molecule has 0 spiro atoms. The Balaban J connectivity index is 1.57. The van der Waals surface area contributed by atoms with E-state index in [1.807, 2.05) is 0 Å².